The van der Waals surface area contributed by atoms with Gasteiger partial charge < -0.3 is 20.2 Å². The molecule has 1 fully saturated rings. The number of hydrogen-bond donors (Lipinski definition) is 2. The highest BCUT2D eigenvalue weighted by Crippen LogP contribution is 2.33. The van der Waals surface area contributed by atoms with E-state index >= 15 is 0 Å². The first-order valence-electron chi connectivity index (χ1n) is 12.3. The Bertz CT molecular complexity index is 1060. The Morgan fingerprint density at radius 1 is 1.05 bits per heavy atom. The maximum Gasteiger partial charge on any atom is 0.490 e. The van der Waals surface area contributed by atoms with Crippen molar-refractivity contribution in [2.45, 2.75) is 58.8 Å². The number of nitrogens with zero attached hydrogens (tertiary/aromatic N) is 4. The number of aliphatic carboxylic acids is 1. The topological polar surface area (TPSA) is 81.6 Å². The molecule has 1 saturated heterocycles. The monoisotopic (exact) mass is 549 g/mol. The summed E-state index contributed by atoms with van der Waals surface area (Å²) in [6.45, 7) is 10.9. The highest BCUT2D eigenvalue weighted by molar-refractivity contribution is 5.73. The molecule has 0 aliphatic carbocycles. The minimum Gasteiger partial charge on any atom is -0.475 e. The molecule has 0 radical (unpaired) electrons. The van der Waals surface area contributed by atoms with Gasteiger partial charge in [0.1, 0.15) is 5.82 Å². The third-order valence-electron chi connectivity index (χ3n) is 5.95. The lowest BCUT2D eigenvalue weighted by Crippen LogP contribution is -2.33. The van der Waals surface area contributed by atoms with Crippen molar-refractivity contribution in [3.8, 4) is 0 Å². The molecule has 1 aliphatic rings. The molecule has 1 aromatic carbocycles. The van der Waals surface area contributed by atoms with Crippen molar-refractivity contribution in [2.75, 3.05) is 42.9 Å². The van der Waals surface area contributed by atoms with Gasteiger partial charge in [0.05, 0.1) is 5.56 Å². The molecule has 13 heteroatoms. The Balaban J connectivity index is 0.000000638. The van der Waals surface area contributed by atoms with Gasteiger partial charge in [-0.3, -0.25) is 0 Å². The number of carboxylic acids is 1. The Morgan fingerprint density at radius 2 is 1.68 bits per heavy atom. The summed E-state index contributed by atoms with van der Waals surface area (Å²) < 4.78 is 71.0. The summed E-state index contributed by atoms with van der Waals surface area (Å²) >= 11 is 0. The van der Waals surface area contributed by atoms with Gasteiger partial charge in [-0.15, -0.1) is 0 Å². The second-order valence-electron chi connectivity index (χ2n) is 8.98. The molecule has 212 valence electrons. The molecule has 7 nitrogen and oxygen atoms in total. The van der Waals surface area contributed by atoms with E-state index in [0.717, 1.165) is 49.7 Å². The number of alkyl halides is 6. The second kappa shape index (κ2) is 13.6. The van der Waals surface area contributed by atoms with Gasteiger partial charge in [-0.25, -0.2) is 9.78 Å². The van der Waals surface area contributed by atoms with Crippen LogP contribution < -0.4 is 10.2 Å². The van der Waals surface area contributed by atoms with E-state index in [1.54, 1.807) is 6.92 Å². The molecule has 2 N–H and O–H groups in total. The minimum absolute atomic E-state index is 0.312. The lowest BCUT2D eigenvalue weighted by Gasteiger charge is -2.28. The maximum absolute atomic E-state index is 13.1. The standard InChI is InChI=1S/C23H32F3N5.C2HF3O2/c1-4-31(14-8-13-30-11-6-5-7-12-30)21-15-18(3)27-22(29-21)28-20-16-19(23(24,25)26)10-9-17(20)2;3-2(4,5)1(6)7/h9-10,15-16H,4-8,11-14H2,1-3H3,(H,27,28,29);(H,6,7). The van der Waals surface area contributed by atoms with Crippen molar-refractivity contribution < 1.29 is 36.2 Å². The Kier molecular flexibility index (Phi) is 11.2. The van der Waals surface area contributed by atoms with Crippen LogP contribution in [0.25, 0.3) is 0 Å². The van der Waals surface area contributed by atoms with Crippen molar-refractivity contribution in [3.05, 3.63) is 41.1 Å². The Labute approximate surface area is 217 Å². The fourth-order valence-corrected chi connectivity index (χ4v) is 3.93. The molecule has 2 aromatic rings. The number of nitrogens with one attached hydrogen (secondary N) is 1. The van der Waals surface area contributed by atoms with E-state index in [-0.39, 0.29) is 0 Å². The Hall–Kier alpha value is -3.09. The lowest BCUT2D eigenvalue weighted by molar-refractivity contribution is -0.192. The fourth-order valence-electron chi connectivity index (χ4n) is 3.93. The van der Waals surface area contributed by atoms with E-state index in [0.29, 0.717) is 17.2 Å². The van der Waals surface area contributed by atoms with Crippen LogP contribution >= 0.6 is 0 Å². The van der Waals surface area contributed by atoms with Gasteiger partial charge in [-0.05, 0) is 77.4 Å². The van der Waals surface area contributed by atoms with Crippen LogP contribution in [0.2, 0.25) is 0 Å². The number of likely N-dealkylation sites (tertiary alicyclic amines) is 1. The molecule has 3 rings (SSSR count). The van der Waals surface area contributed by atoms with E-state index in [9.17, 15) is 26.3 Å². The number of carboxylic acid groups (broad SMARTS) is 1. The van der Waals surface area contributed by atoms with Crippen LogP contribution in [0.1, 0.15) is 49.4 Å². The van der Waals surface area contributed by atoms with Gasteiger partial charge in [-0.1, -0.05) is 12.5 Å². The van der Waals surface area contributed by atoms with Crippen molar-refractivity contribution in [1.82, 2.24) is 14.9 Å². The molecule has 0 unspecified atom stereocenters. The number of piperidine rings is 1. The quantitative estimate of drug-likeness (QED) is 0.380. The van der Waals surface area contributed by atoms with Crippen LogP contribution in [0.5, 0.6) is 0 Å². The van der Waals surface area contributed by atoms with E-state index < -0.39 is 23.9 Å². The summed E-state index contributed by atoms with van der Waals surface area (Å²) in [6, 6.07) is 5.58. The SMILES string of the molecule is CCN(CCCN1CCCCC1)c1cc(C)nc(Nc2cc(C(F)(F)F)ccc2C)n1.O=C(O)C(F)(F)F. The predicted octanol–water partition coefficient (Wildman–Crippen LogP) is 6.19. The van der Waals surface area contributed by atoms with Gasteiger partial charge >= 0.3 is 18.3 Å². The van der Waals surface area contributed by atoms with Crippen molar-refractivity contribution in [1.29, 1.82) is 0 Å². The molecule has 0 bridgehead atoms. The Morgan fingerprint density at radius 3 is 2.24 bits per heavy atom. The highest BCUT2D eigenvalue weighted by Gasteiger charge is 2.38. The summed E-state index contributed by atoms with van der Waals surface area (Å²) in [5.41, 5.74) is 1.14. The number of benzene rings is 1. The number of carbonyl (C=O) groups is 1. The number of hydrogen-bond acceptors (Lipinski definition) is 6. The van der Waals surface area contributed by atoms with Gasteiger partial charge in [0, 0.05) is 30.5 Å². The van der Waals surface area contributed by atoms with Crippen molar-refractivity contribution in [3.63, 3.8) is 0 Å². The third kappa shape index (κ3) is 9.99. The zero-order valence-corrected chi connectivity index (χ0v) is 21.6. The number of anilines is 3. The van der Waals surface area contributed by atoms with E-state index in [4.69, 9.17) is 9.90 Å². The first-order valence-corrected chi connectivity index (χ1v) is 12.3. The van der Waals surface area contributed by atoms with Crippen LogP contribution in [0, 0.1) is 13.8 Å². The number of aromatic nitrogens is 2. The number of aryl methyl sites for hydroxylation is 2. The molecular formula is C25H33F6N5O2. The first kappa shape index (κ1) is 31.1. The fraction of sp³-hybridized carbons (Fsp3) is 0.560. The predicted molar refractivity (Wildman–Crippen MR) is 133 cm³/mol. The van der Waals surface area contributed by atoms with Crippen LogP contribution in [0.3, 0.4) is 0 Å². The summed E-state index contributed by atoms with van der Waals surface area (Å²) in [7, 11) is 0. The molecule has 0 amide bonds. The highest BCUT2D eigenvalue weighted by atomic mass is 19.4. The number of halogens is 6. The molecule has 2 heterocycles. The largest absolute Gasteiger partial charge is 0.490 e. The summed E-state index contributed by atoms with van der Waals surface area (Å²) in [5, 5.41) is 10.1. The van der Waals surface area contributed by atoms with Crippen LogP contribution in [-0.2, 0) is 11.0 Å². The molecule has 38 heavy (non-hydrogen) atoms. The van der Waals surface area contributed by atoms with E-state index in [2.05, 4.69) is 32.0 Å². The normalized spacial score (nSPS) is 14.4. The van der Waals surface area contributed by atoms with Crippen LogP contribution in [0.15, 0.2) is 24.3 Å². The first-order chi connectivity index (χ1) is 17.7. The van der Waals surface area contributed by atoms with Crippen molar-refractivity contribution in [2.24, 2.45) is 0 Å². The molecule has 0 atom stereocenters. The van der Waals surface area contributed by atoms with Gasteiger partial charge in [0.25, 0.3) is 0 Å². The molecule has 0 spiro atoms. The summed E-state index contributed by atoms with van der Waals surface area (Å²) in [5.74, 6) is -1.65. The minimum atomic E-state index is -5.08. The zero-order chi connectivity index (χ0) is 28.5. The zero-order valence-electron chi connectivity index (χ0n) is 21.6. The molecular weight excluding hydrogens is 516 g/mol. The van der Waals surface area contributed by atoms with Crippen LogP contribution in [-0.4, -0.2) is 64.8 Å². The van der Waals surface area contributed by atoms with E-state index in [1.165, 1.54) is 38.4 Å². The molecule has 1 aliphatic heterocycles. The van der Waals surface area contributed by atoms with Crippen LogP contribution in [0.4, 0.5) is 43.8 Å². The smallest absolute Gasteiger partial charge is 0.475 e. The van der Waals surface area contributed by atoms with Gasteiger partial charge in [0.2, 0.25) is 5.95 Å². The van der Waals surface area contributed by atoms with Gasteiger partial charge in [0.15, 0.2) is 0 Å². The lowest BCUT2D eigenvalue weighted by atomic mass is 10.1. The maximum atomic E-state index is 13.1. The summed E-state index contributed by atoms with van der Waals surface area (Å²) in [6.07, 6.45) is -4.53. The number of rotatable bonds is 8. The molecule has 0 saturated carbocycles. The third-order valence-corrected chi connectivity index (χ3v) is 5.95. The van der Waals surface area contributed by atoms with E-state index in [1.807, 2.05) is 13.0 Å². The average Bonchev–Trinajstić information content (AvgIpc) is 2.82. The average molecular weight is 550 g/mol. The second-order valence-corrected chi connectivity index (χ2v) is 8.98. The summed E-state index contributed by atoms with van der Waals surface area (Å²) in [4.78, 5) is 22.6. The van der Waals surface area contributed by atoms with Gasteiger partial charge in [-0.2, -0.15) is 31.3 Å². The molecule has 1 aromatic heterocycles. The van der Waals surface area contributed by atoms with Crippen molar-refractivity contribution >= 4 is 23.4 Å².